The van der Waals surface area contributed by atoms with Gasteiger partial charge in [-0.1, -0.05) is 11.8 Å². The highest BCUT2D eigenvalue weighted by atomic mass is 32.2. The third kappa shape index (κ3) is 4.43. The number of rotatable bonds is 6. The van der Waals surface area contributed by atoms with Crippen LogP contribution in [0.1, 0.15) is 13.8 Å². The molecule has 0 spiro atoms. The van der Waals surface area contributed by atoms with Crippen LogP contribution in [0.5, 0.6) is 11.5 Å². The molecule has 0 unspecified atom stereocenters. The number of nitrogens with zero attached hydrogens (tertiary/aromatic N) is 4. The van der Waals surface area contributed by atoms with Crippen molar-refractivity contribution in [3.05, 3.63) is 18.2 Å². The Hall–Kier alpha value is -2.46. The maximum atomic E-state index is 12.7. The van der Waals surface area contributed by atoms with Crippen LogP contribution in [0.3, 0.4) is 0 Å². The van der Waals surface area contributed by atoms with Crippen molar-refractivity contribution >= 4 is 29.3 Å². The highest BCUT2D eigenvalue weighted by molar-refractivity contribution is 8.00. The number of carbonyl (C=O) groups excluding carboxylic acids is 1. The van der Waals surface area contributed by atoms with E-state index in [4.69, 9.17) is 14.2 Å². The van der Waals surface area contributed by atoms with E-state index < -0.39 is 0 Å². The quantitative estimate of drug-likeness (QED) is 0.712. The summed E-state index contributed by atoms with van der Waals surface area (Å²) in [6.07, 6.45) is 0. The number of anilines is 2. The van der Waals surface area contributed by atoms with E-state index in [-0.39, 0.29) is 11.2 Å². The summed E-state index contributed by atoms with van der Waals surface area (Å²) in [5, 5.41) is 12.0. The first kappa shape index (κ1) is 19.8. The maximum Gasteiger partial charge on any atom is 0.237 e. The summed E-state index contributed by atoms with van der Waals surface area (Å²) in [6.45, 7) is 8.66. The number of morpholine rings is 1. The minimum absolute atomic E-state index is 0.106. The van der Waals surface area contributed by atoms with Crippen LogP contribution >= 0.6 is 11.8 Å². The molecule has 0 aliphatic carbocycles. The van der Waals surface area contributed by atoms with Crippen LogP contribution in [0, 0.1) is 0 Å². The van der Waals surface area contributed by atoms with Gasteiger partial charge in [-0.2, -0.15) is 0 Å². The van der Waals surface area contributed by atoms with E-state index in [1.807, 2.05) is 23.6 Å². The lowest BCUT2D eigenvalue weighted by Crippen LogP contribution is -2.38. The fourth-order valence-corrected chi connectivity index (χ4v) is 4.13. The summed E-state index contributed by atoms with van der Waals surface area (Å²) in [5.41, 5.74) is 0.678. The van der Waals surface area contributed by atoms with Crippen LogP contribution in [-0.4, -0.2) is 65.4 Å². The van der Waals surface area contributed by atoms with Crippen LogP contribution < -0.4 is 19.7 Å². The van der Waals surface area contributed by atoms with Gasteiger partial charge in [0.1, 0.15) is 13.2 Å². The van der Waals surface area contributed by atoms with E-state index in [1.54, 1.807) is 6.07 Å². The van der Waals surface area contributed by atoms with E-state index in [1.165, 1.54) is 11.8 Å². The zero-order valence-electron chi connectivity index (χ0n) is 16.6. The Labute approximate surface area is 173 Å². The van der Waals surface area contributed by atoms with Gasteiger partial charge in [0.05, 0.1) is 18.5 Å². The van der Waals surface area contributed by atoms with Gasteiger partial charge < -0.3 is 24.4 Å². The molecule has 1 aromatic carbocycles. The van der Waals surface area contributed by atoms with Crippen LogP contribution in [-0.2, 0) is 16.1 Å². The fourth-order valence-electron chi connectivity index (χ4n) is 3.22. The van der Waals surface area contributed by atoms with Gasteiger partial charge in [0, 0.05) is 31.4 Å². The molecular formula is C19H25N5O4S. The number of nitrogens with one attached hydrogen (secondary N) is 1. The summed E-state index contributed by atoms with van der Waals surface area (Å²) in [7, 11) is 0. The van der Waals surface area contributed by atoms with Gasteiger partial charge in [-0.05, 0) is 26.0 Å². The van der Waals surface area contributed by atoms with Crippen molar-refractivity contribution in [2.45, 2.75) is 30.8 Å². The Morgan fingerprint density at radius 2 is 1.93 bits per heavy atom. The maximum absolute atomic E-state index is 12.7. The second-order valence-corrected chi connectivity index (χ2v) is 8.04. The van der Waals surface area contributed by atoms with Crippen molar-refractivity contribution in [1.82, 2.24) is 14.8 Å². The average molecular weight is 420 g/mol. The Morgan fingerprint density at radius 1 is 1.17 bits per heavy atom. The Morgan fingerprint density at radius 3 is 2.69 bits per heavy atom. The molecule has 2 aromatic rings. The van der Waals surface area contributed by atoms with Crippen molar-refractivity contribution in [3.63, 3.8) is 0 Å². The Kier molecular flexibility index (Phi) is 6.10. The van der Waals surface area contributed by atoms with Crippen LogP contribution in [0.4, 0.5) is 11.6 Å². The van der Waals surface area contributed by atoms with E-state index in [0.717, 1.165) is 30.7 Å². The van der Waals surface area contributed by atoms with E-state index >= 15 is 0 Å². The normalized spacial score (nSPS) is 17.1. The topological polar surface area (TPSA) is 90.7 Å². The predicted octanol–water partition coefficient (Wildman–Crippen LogP) is 2.03. The minimum atomic E-state index is -0.338. The molecular weight excluding hydrogens is 394 g/mol. The molecule has 1 amide bonds. The SMILES string of the molecule is CCn1c(S[C@H](C)C(=O)Nc2ccc3c(c2)OCCO3)nnc1N1CCOCC1. The average Bonchev–Trinajstić information content (AvgIpc) is 3.16. The van der Waals surface area contributed by atoms with Gasteiger partial charge in [-0.3, -0.25) is 9.36 Å². The molecule has 156 valence electrons. The minimum Gasteiger partial charge on any atom is -0.486 e. The lowest BCUT2D eigenvalue weighted by atomic mass is 10.2. The molecule has 10 heteroatoms. The largest absolute Gasteiger partial charge is 0.486 e. The van der Waals surface area contributed by atoms with Gasteiger partial charge in [0.2, 0.25) is 11.9 Å². The molecule has 3 heterocycles. The molecule has 0 bridgehead atoms. The van der Waals surface area contributed by atoms with Crippen molar-refractivity contribution < 1.29 is 19.0 Å². The number of hydrogen-bond donors (Lipinski definition) is 1. The third-order valence-electron chi connectivity index (χ3n) is 4.77. The molecule has 1 aromatic heterocycles. The fraction of sp³-hybridized carbons (Fsp3) is 0.526. The smallest absolute Gasteiger partial charge is 0.237 e. The van der Waals surface area contributed by atoms with E-state index in [2.05, 4.69) is 27.3 Å². The summed E-state index contributed by atoms with van der Waals surface area (Å²) < 4.78 is 18.6. The summed E-state index contributed by atoms with van der Waals surface area (Å²) in [6, 6.07) is 5.41. The second-order valence-electron chi connectivity index (χ2n) is 6.73. The van der Waals surface area contributed by atoms with Crippen molar-refractivity contribution in [2.75, 3.05) is 49.7 Å². The first-order valence-electron chi connectivity index (χ1n) is 9.78. The lowest BCUT2D eigenvalue weighted by Gasteiger charge is -2.27. The third-order valence-corrected chi connectivity index (χ3v) is 5.85. The van der Waals surface area contributed by atoms with Crippen LogP contribution in [0.2, 0.25) is 0 Å². The van der Waals surface area contributed by atoms with Crippen LogP contribution in [0.15, 0.2) is 23.4 Å². The van der Waals surface area contributed by atoms with Crippen LogP contribution in [0.25, 0.3) is 0 Å². The first-order chi connectivity index (χ1) is 14.2. The molecule has 1 atom stereocenters. The number of benzene rings is 1. The van der Waals surface area contributed by atoms with E-state index in [9.17, 15) is 4.79 Å². The number of amides is 1. The molecule has 29 heavy (non-hydrogen) atoms. The zero-order chi connectivity index (χ0) is 20.2. The zero-order valence-corrected chi connectivity index (χ0v) is 17.4. The number of aromatic nitrogens is 3. The summed E-state index contributed by atoms with van der Waals surface area (Å²) in [4.78, 5) is 14.9. The Bertz CT molecular complexity index is 868. The molecule has 2 aliphatic rings. The molecule has 9 nitrogen and oxygen atoms in total. The van der Waals surface area contributed by atoms with Crippen molar-refractivity contribution in [1.29, 1.82) is 0 Å². The number of ether oxygens (including phenoxy) is 3. The standard InChI is InChI=1S/C19H25N5O4S/c1-3-24-18(23-6-8-26-9-7-23)21-22-19(24)29-13(2)17(25)20-14-4-5-15-16(12-14)28-11-10-27-15/h4-5,12-13H,3,6-11H2,1-2H3,(H,20,25)/t13-/m1/s1. The van der Waals surface area contributed by atoms with Gasteiger partial charge in [0.15, 0.2) is 16.7 Å². The molecule has 1 N–H and O–H groups in total. The number of carbonyl (C=O) groups is 1. The number of hydrogen-bond acceptors (Lipinski definition) is 8. The van der Waals surface area contributed by atoms with Gasteiger partial charge in [-0.15, -0.1) is 10.2 Å². The van der Waals surface area contributed by atoms with Crippen molar-refractivity contribution in [3.8, 4) is 11.5 Å². The van der Waals surface area contributed by atoms with Gasteiger partial charge in [-0.25, -0.2) is 0 Å². The monoisotopic (exact) mass is 419 g/mol. The lowest BCUT2D eigenvalue weighted by molar-refractivity contribution is -0.115. The van der Waals surface area contributed by atoms with Gasteiger partial charge in [0.25, 0.3) is 0 Å². The summed E-state index contributed by atoms with van der Waals surface area (Å²) in [5.74, 6) is 2.07. The highest BCUT2D eigenvalue weighted by Gasteiger charge is 2.23. The second kappa shape index (κ2) is 8.91. The molecule has 0 radical (unpaired) electrons. The first-order valence-corrected chi connectivity index (χ1v) is 10.7. The molecule has 2 aliphatic heterocycles. The Balaban J connectivity index is 1.41. The number of thioether (sulfide) groups is 1. The van der Waals surface area contributed by atoms with Gasteiger partial charge >= 0.3 is 0 Å². The molecule has 1 fully saturated rings. The molecule has 4 rings (SSSR count). The summed E-state index contributed by atoms with van der Waals surface area (Å²) >= 11 is 1.40. The predicted molar refractivity (Wildman–Crippen MR) is 110 cm³/mol. The number of fused-ring (bicyclic) bond motifs is 1. The molecule has 0 saturated carbocycles. The van der Waals surface area contributed by atoms with E-state index in [0.29, 0.717) is 43.6 Å². The highest BCUT2D eigenvalue weighted by Crippen LogP contribution is 2.33. The van der Waals surface area contributed by atoms with Crippen molar-refractivity contribution in [2.24, 2.45) is 0 Å². The molecule has 1 saturated heterocycles.